The van der Waals surface area contributed by atoms with E-state index in [1.165, 1.54) is 47.9 Å². The van der Waals surface area contributed by atoms with Crippen molar-refractivity contribution in [2.24, 2.45) is 0 Å². The summed E-state index contributed by atoms with van der Waals surface area (Å²) in [6.07, 6.45) is 0. The van der Waals surface area contributed by atoms with Crippen molar-refractivity contribution in [3.05, 3.63) is 59.7 Å². The molecule has 232 valence electrons. The van der Waals surface area contributed by atoms with Crippen LogP contribution < -0.4 is 9.44 Å². The van der Waals surface area contributed by atoms with E-state index in [4.69, 9.17) is 9.47 Å². The second-order valence-corrected chi connectivity index (χ2v) is 13.6. The Morgan fingerprint density at radius 3 is 1.19 bits per heavy atom. The molecular weight excluding hydrogens is 584 g/mol. The number of nitrogens with one attached hydrogen (secondary N) is 2. The topological polar surface area (TPSA) is 151 Å². The second kappa shape index (κ2) is 15.0. The van der Waals surface area contributed by atoms with Crippen LogP contribution in [0.15, 0.2) is 58.3 Å². The van der Waals surface area contributed by atoms with Gasteiger partial charge in [0.1, 0.15) is 0 Å². The average Bonchev–Trinajstić information content (AvgIpc) is 2.92. The van der Waals surface area contributed by atoms with Gasteiger partial charge in [0.2, 0.25) is 31.9 Å². The minimum atomic E-state index is -3.89. The molecule has 2 N–H and O–H groups in total. The lowest BCUT2D eigenvalue weighted by Crippen LogP contribution is -2.50. The molecule has 0 aromatic heterocycles. The van der Waals surface area contributed by atoms with Crippen LogP contribution in [0.25, 0.3) is 0 Å². The Morgan fingerprint density at radius 1 is 0.619 bits per heavy atom. The van der Waals surface area contributed by atoms with Crippen molar-refractivity contribution in [3.8, 4) is 0 Å². The molecule has 42 heavy (non-hydrogen) atoms. The zero-order chi connectivity index (χ0) is 30.9. The van der Waals surface area contributed by atoms with E-state index in [2.05, 4.69) is 9.44 Å². The molecule has 2 aromatic carbocycles. The Labute approximate surface area is 248 Å². The van der Waals surface area contributed by atoms with Crippen LogP contribution in [0.1, 0.15) is 25.0 Å². The summed E-state index contributed by atoms with van der Waals surface area (Å²) in [5.41, 5.74) is 1.84. The largest absolute Gasteiger partial charge is 0.378 e. The highest BCUT2D eigenvalue weighted by molar-refractivity contribution is 7.89. The first-order valence-corrected chi connectivity index (χ1v) is 16.7. The Balaban J connectivity index is 1.54. The fraction of sp³-hybridized carbons (Fsp3) is 0.500. The molecule has 1 fully saturated rings. The molecule has 1 saturated heterocycles. The first kappa shape index (κ1) is 33.6. The molecule has 0 bridgehead atoms. The standard InChI is InChI=1S/C28H40N4O8S2/c1-21-5-9-25(10-6-21)41(35,36)29-23(3)27(33)31-13-17-39-19-15-32(16-20-40-18-14-31)28(34)24(4)30-42(37,38)26-11-7-22(2)8-12-26/h5-12,23-24,29-30H,13-20H2,1-4H3/t23-,24-/m0/s1. The van der Waals surface area contributed by atoms with E-state index in [1.807, 2.05) is 13.8 Å². The lowest BCUT2D eigenvalue weighted by molar-refractivity contribution is -0.136. The molecule has 0 aliphatic carbocycles. The third-order valence-electron chi connectivity index (χ3n) is 6.71. The van der Waals surface area contributed by atoms with Crippen LogP contribution in [0.3, 0.4) is 0 Å². The van der Waals surface area contributed by atoms with Crippen LogP contribution >= 0.6 is 0 Å². The number of hydrogen-bond donors (Lipinski definition) is 2. The van der Waals surface area contributed by atoms with Gasteiger partial charge in [-0.3, -0.25) is 9.59 Å². The van der Waals surface area contributed by atoms with Crippen LogP contribution in [-0.2, 0) is 39.1 Å². The second-order valence-electron chi connectivity index (χ2n) is 10.2. The van der Waals surface area contributed by atoms with Crippen molar-refractivity contribution in [3.63, 3.8) is 0 Å². The maximum atomic E-state index is 13.1. The van der Waals surface area contributed by atoms with Gasteiger partial charge in [-0.1, -0.05) is 35.4 Å². The van der Waals surface area contributed by atoms with Gasteiger partial charge in [0.05, 0.1) is 48.3 Å². The summed E-state index contributed by atoms with van der Waals surface area (Å²) >= 11 is 0. The summed E-state index contributed by atoms with van der Waals surface area (Å²) in [5.74, 6) is -0.831. The highest BCUT2D eigenvalue weighted by atomic mass is 32.2. The van der Waals surface area contributed by atoms with E-state index in [1.54, 1.807) is 24.3 Å². The van der Waals surface area contributed by atoms with E-state index in [9.17, 15) is 26.4 Å². The maximum Gasteiger partial charge on any atom is 0.241 e. The summed E-state index contributed by atoms with van der Waals surface area (Å²) in [6, 6.07) is 10.7. The number of nitrogens with zero attached hydrogens (tertiary/aromatic N) is 2. The van der Waals surface area contributed by atoms with Crippen molar-refractivity contribution >= 4 is 31.9 Å². The molecule has 1 aliphatic rings. The average molecular weight is 625 g/mol. The van der Waals surface area contributed by atoms with Crippen LogP contribution in [-0.4, -0.2) is 103 Å². The number of carbonyl (C=O) groups excluding carboxylic acids is 2. The van der Waals surface area contributed by atoms with E-state index in [-0.39, 0.29) is 62.4 Å². The Morgan fingerprint density at radius 2 is 0.905 bits per heavy atom. The number of rotatable bonds is 8. The van der Waals surface area contributed by atoms with Crippen LogP contribution in [0.5, 0.6) is 0 Å². The number of sulfonamides is 2. The predicted octanol–water partition coefficient (Wildman–Crippen LogP) is 1.04. The molecule has 14 heteroatoms. The molecule has 2 aromatic rings. The van der Waals surface area contributed by atoms with Gasteiger partial charge in [-0.05, 0) is 52.0 Å². The fourth-order valence-electron chi connectivity index (χ4n) is 4.25. The maximum absolute atomic E-state index is 13.1. The van der Waals surface area contributed by atoms with Gasteiger partial charge in [0, 0.05) is 26.2 Å². The van der Waals surface area contributed by atoms with Crippen molar-refractivity contribution < 1.29 is 35.9 Å². The van der Waals surface area contributed by atoms with Crippen LogP contribution in [0, 0.1) is 13.8 Å². The molecule has 2 amide bonds. The summed E-state index contributed by atoms with van der Waals surface area (Å²) in [7, 11) is -7.78. The molecule has 1 heterocycles. The molecule has 0 saturated carbocycles. The van der Waals surface area contributed by atoms with E-state index >= 15 is 0 Å². The van der Waals surface area contributed by atoms with Gasteiger partial charge < -0.3 is 19.3 Å². The van der Waals surface area contributed by atoms with Gasteiger partial charge in [-0.2, -0.15) is 9.44 Å². The van der Waals surface area contributed by atoms with Crippen molar-refractivity contribution in [1.29, 1.82) is 0 Å². The Kier molecular flexibility index (Phi) is 12.0. The predicted molar refractivity (Wildman–Crippen MR) is 157 cm³/mol. The molecule has 2 atom stereocenters. The van der Waals surface area contributed by atoms with Crippen molar-refractivity contribution in [2.75, 3.05) is 52.6 Å². The number of carbonyl (C=O) groups is 2. The lowest BCUT2D eigenvalue weighted by Gasteiger charge is -2.29. The third kappa shape index (κ3) is 9.57. The SMILES string of the molecule is Cc1ccc(S(=O)(=O)N[C@@H](C)C(=O)N2CCOCCN(C(=O)[C@H](C)NS(=O)(=O)c3ccc(C)cc3)CCOCC2)cc1. The molecule has 0 spiro atoms. The highest BCUT2D eigenvalue weighted by Crippen LogP contribution is 2.13. The number of amides is 2. The summed E-state index contributed by atoms with van der Waals surface area (Å²) < 4.78 is 67.2. The normalized spacial score (nSPS) is 17.5. The van der Waals surface area contributed by atoms with Crippen LogP contribution in [0.4, 0.5) is 0 Å². The molecule has 12 nitrogen and oxygen atoms in total. The zero-order valence-corrected chi connectivity index (χ0v) is 26.0. The lowest BCUT2D eigenvalue weighted by atomic mass is 10.2. The van der Waals surface area contributed by atoms with Crippen molar-refractivity contribution in [1.82, 2.24) is 19.2 Å². The van der Waals surface area contributed by atoms with Gasteiger partial charge in [-0.15, -0.1) is 0 Å². The van der Waals surface area contributed by atoms with E-state index in [0.29, 0.717) is 0 Å². The first-order chi connectivity index (χ1) is 19.8. The number of aryl methyl sites for hydroxylation is 2. The van der Waals surface area contributed by atoms with Gasteiger partial charge in [0.25, 0.3) is 0 Å². The van der Waals surface area contributed by atoms with Crippen molar-refractivity contribution in [2.45, 2.75) is 49.6 Å². The molecule has 1 aliphatic heterocycles. The summed E-state index contributed by atoms with van der Waals surface area (Å²) in [6.45, 7) is 8.07. The summed E-state index contributed by atoms with van der Waals surface area (Å²) in [5, 5.41) is 0. The zero-order valence-electron chi connectivity index (χ0n) is 24.4. The molecule has 3 rings (SSSR count). The van der Waals surface area contributed by atoms with Gasteiger partial charge >= 0.3 is 0 Å². The number of hydrogen-bond acceptors (Lipinski definition) is 8. The van der Waals surface area contributed by atoms with E-state index < -0.39 is 43.9 Å². The first-order valence-electron chi connectivity index (χ1n) is 13.7. The highest BCUT2D eigenvalue weighted by Gasteiger charge is 2.28. The number of ether oxygens (including phenoxy) is 2. The Hall–Kier alpha value is -2.88. The quantitative estimate of drug-likeness (QED) is 0.442. The Bertz CT molecular complexity index is 1290. The minimum absolute atomic E-state index is 0.0736. The minimum Gasteiger partial charge on any atom is -0.378 e. The molecular formula is C28H40N4O8S2. The van der Waals surface area contributed by atoms with Gasteiger partial charge in [-0.25, -0.2) is 16.8 Å². The third-order valence-corrected chi connectivity index (χ3v) is 9.83. The summed E-state index contributed by atoms with van der Waals surface area (Å²) in [4.78, 5) is 29.3. The van der Waals surface area contributed by atoms with E-state index in [0.717, 1.165) is 11.1 Å². The smallest absolute Gasteiger partial charge is 0.241 e. The van der Waals surface area contributed by atoms with Crippen LogP contribution in [0.2, 0.25) is 0 Å². The fourth-order valence-corrected chi connectivity index (χ4v) is 6.65. The molecule has 0 radical (unpaired) electrons. The number of benzene rings is 2. The monoisotopic (exact) mass is 624 g/mol. The molecule has 0 unspecified atom stereocenters. The van der Waals surface area contributed by atoms with Gasteiger partial charge in [0.15, 0.2) is 0 Å².